The van der Waals surface area contributed by atoms with E-state index in [1.165, 1.54) is 0 Å². The first-order chi connectivity index (χ1) is 5.93. The van der Waals surface area contributed by atoms with E-state index in [9.17, 15) is 18.0 Å². The molecule has 0 heterocycles. The van der Waals surface area contributed by atoms with Crippen LogP contribution in [0.4, 0.5) is 13.2 Å². The Morgan fingerprint density at radius 2 is 2.00 bits per heavy atom. The van der Waals surface area contributed by atoms with Crippen LogP contribution in [0.15, 0.2) is 0 Å². The summed E-state index contributed by atoms with van der Waals surface area (Å²) in [5.41, 5.74) is 0. The number of hydrogen-bond acceptors (Lipinski definition) is 1. The molecular formula is C8H12BrF3O. The molecule has 0 aromatic heterocycles. The number of ketones is 1. The second kappa shape index (κ2) is 5.62. The fourth-order valence-corrected chi connectivity index (χ4v) is 1.40. The molecule has 0 saturated carbocycles. The van der Waals surface area contributed by atoms with Crippen LogP contribution in [0, 0.1) is 5.92 Å². The Bertz CT molecular complexity index is 167. The molecule has 0 aromatic rings. The van der Waals surface area contributed by atoms with Gasteiger partial charge in [-0.15, -0.1) is 0 Å². The average molecular weight is 261 g/mol. The van der Waals surface area contributed by atoms with E-state index < -0.39 is 17.9 Å². The van der Waals surface area contributed by atoms with Gasteiger partial charge in [0.05, 0.1) is 5.33 Å². The SMILES string of the molecule is CCCCC(C(=O)CBr)C(F)(F)F. The molecule has 0 rings (SSSR count). The van der Waals surface area contributed by atoms with E-state index in [4.69, 9.17) is 0 Å². The van der Waals surface area contributed by atoms with Gasteiger partial charge in [-0.25, -0.2) is 0 Å². The molecule has 0 aromatic carbocycles. The minimum Gasteiger partial charge on any atom is -0.298 e. The van der Waals surface area contributed by atoms with Crippen molar-refractivity contribution in [3.63, 3.8) is 0 Å². The van der Waals surface area contributed by atoms with Gasteiger partial charge in [0.25, 0.3) is 0 Å². The summed E-state index contributed by atoms with van der Waals surface area (Å²) < 4.78 is 36.7. The largest absolute Gasteiger partial charge is 0.398 e. The lowest BCUT2D eigenvalue weighted by Gasteiger charge is -2.17. The summed E-state index contributed by atoms with van der Waals surface area (Å²) in [6.07, 6.45) is -3.38. The number of carbonyl (C=O) groups excluding carboxylic acids is 1. The zero-order chi connectivity index (χ0) is 10.5. The summed E-state index contributed by atoms with van der Waals surface area (Å²) in [5.74, 6) is -2.56. The summed E-state index contributed by atoms with van der Waals surface area (Å²) in [5, 5.41) is -0.221. The van der Waals surface area contributed by atoms with Crippen LogP contribution in [-0.4, -0.2) is 17.3 Å². The van der Waals surface area contributed by atoms with Crippen LogP contribution in [-0.2, 0) is 4.79 Å². The second-order valence-electron chi connectivity index (χ2n) is 2.84. The van der Waals surface area contributed by atoms with Crippen LogP contribution in [0.25, 0.3) is 0 Å². The summed E-state index contributed by atoms with van der Waals surface area (Å²) in [7, 11) is 0. The van der Waals surface area contributed by atoms with Gasteiger partial charge >= 0.3 is 6.18 Å². The van der Waals surface area contributed by atoms with Crippen LogP contribution < -0.4 is 0 Å². The summed E-state index contributed by atoms with van der Waals surface area (Å²) in [4.78, 5) is 10.9. The smallest absolute Gasteiger partial charge is 0.298 e. The Morgan fingerprint density at radius 1 is 1.46 bits per heavy atom. The number of hydrogen-bond donors (Lipinski definition) is 0. The number of Topliss-reactive ketones (excluding diaryl/α,β-unsaturated/α-hetero) is 1. The van der Waals surface area contributed by atoms with Crippen LogP contribution in [0.2, 0.25) is 0 Å². The number of halogens is 4. The van der Waals surface area contributed by atoms with Gasteiger partial charge < -0.3 is 0 Å². The maximum Gasteiger partial charge on any atom is 0.398 e. The Kier molecular flexibility index (Phi) is 5.60. The van der Waals surface area contributed by atoms with Crippen LogP contribution in [0.1, 0.15) is 26.2 Å². The van der Waals surface area contributed by atoms with E-state index in [0.717, 1.165) is 0 Å². The highest BCUT2D eigenvalue weighted by atomic mass is 79.9. The third kappa shape index (κ3) is 4.64. The van der Waals surface area contributed by atoms with Gasteiger partial charge in [-0.1, -0.05) is 35.7 Å². The monoisotopic (exact) mass is 260 g/mol. The number of alkyl halides is 4. The van der Waals surface area contributed by atoms with Crippen molar-refractivity contribution >= 4 is 21.7 Å². The van der Waals surface area contributed by atoms with Gasteiger partial charge in [0, 0.05) is 0 Å². The fourth-order valence-electron chi connectivity index (χ4n) is 1.01. The van der Waals surface area contributed by atoms with Crippen molar-refractivity contribution in [2.45, 2.75) is 32.4 Å². The number of carbonyl (C=O) groups is 1. The Balaban J connectivity index is 4.28. The molecule has 0 aliphatic carbocycles. The van der Waals surface area contributed by atoms with E-state index in [-0.39, 0.29) is 11.8 Å². The normalized spacial score (nSPS) is 14.2. The molecule has 0 aliphatic heterocycles. The van der Waals surface area contributed by atoms with Gasteiger partial charge in [-0.3, -0.25) is 4.79 Å². The first-order valence-corrected chi connectivity index (χ1v) is 5.21. The van der Waals surface area contributed by atoms with E-state index in [2.05, 4.69) is 15.9 Å². The molecule has 5 heteroatoms. The van der Waals surface area contributed by atoms with Gasteiger partial charge in [0.2, 0.25) is 0 Å². The summed E-state index contributed by atoms with van der Waals surface area (Å²) >= 11 is 2.75. The highest BCUT2D eigenvalue weighted by Crippen LogP contribution is 2.31. The third-order valence-corrected chi connectivity index (χ3v) is 2.31. The Hall–Kier alpha value is -0.0600. The van der Waals surface area contributed by atoms with Crippen LogP contribution in [0.3, 0.4) is 0 Å². The van der Waals surface area contributed by atoms with E-state index in [0.29, 0.717) is 12.8 Å². The van der Waals surface area contributed by atoms with Gasteiger partial charge in [0.15, 0.2) is 5.78 Å². The summed E-state index contributed by atoms with van der Waals surface area (Å²) in [6, 6.07) is 0. The topological polar surface area (TPSA) is 17.1 Å². The molecule has 1 nitrogen and oxygen atoms in total. The van der Waals surface area contributed by atoms with Gasteiger partial charge in [0.1, 0.15) is 5.92 Å². The lowest BCUT2D eigenvalue weighted by Crippen LogP contribution is -2.31. The second-order valence-corrected chi connectivity index (χ2v) is 3.40. The van der Waals surface area contributed by atoms with E-state index >= 15 is 0 Å². The highest BCUT2D eigenvalue weighted by molar-refractivity contribution is 9.09. The predicted molar refractivity (Wildman–Crippen MR) is 47.9 cm³/mol. The van der Waals surface area contributed by atoms with E-state index in [1.807, 2.05) is 0 Å². The van der Waals surface area contributed by atoms with Gasteiger partial charge in [-0.2, -0.15) is 13.2 Å². The molecule has 0 amide bonds. The zero-order valence-electron chi connectivity index (χ0n) is 7.33. The molecule has 1 atom stereocenters. The van der Waals surface area contributed by atoms with Crippen molar-refractivity contribution in [3.8, 4) is 0 Å². The molecular weight excluding hydrogens is 249 g/mol. The van der Waals surface area contributed by atoms with Gasteiger partial charge in [-0.05, 0) is 6.42 Å². The fraction of sp³-hybridized carbons (Fsp3) is 0.875. The maximum atomic E-state index is 12.2. The third-order valence-electron chi connectivity index (χ3n) is 1.76. The van der Waals surface area contributed by atoms with E-state index in [1.54, 1.807) is 6.92 Å². The first-order valence-electron chi connectivity index (χ1n) is 4.08. The predicted octanol–water partition coefficient (Wildman–Crippen LogP) is 3.32. The molecule has 0 saturated heterocycles. The van der Waals surface area contributed by atoms with Crippen molar-refractivity contribution < 1.29 is 18.0 Å². The zero-order valence-corrected chi connectivity index (χ0v) is 8.91. The van der Waals surface area contributed by atoms with Crippen molar-refractivity contribution in [3.05, 3.63) is 0 Å². The molecule has 1 unspecified atom stereocenters. The lowest BCUT2D eigenvalue weighted by atomic mass is 9.98. The molecule has 0 bridgehead atoms. The number of unbranched alkanes of at least 4 members (excludes halogenated alkanes) is 1. The summed E-state index contributed by atoms with van der Waals surface area (Å²) in [6.45, 7) is 1.80. The van der Waals surface area contributed by atoms with Crippen molar-refractivity contribution in [2.75, 3.05) is 5.33 Å². The van der Waals surface area contributed by atoms with Crippen molar-refractivity contribution in [2.24, 2.45) is 5.92 Å². The Morgan fingerprint density at radius 3 is 2.31 bits per heavy atom. The minimum absolute atomic E-state index is 0.0928. The van der Waals surface area contributed by atoms with Crippen LogP contribution in [0.5, 0.6) is 0 Å². The molecule has 78 valence electrons. The molecule has 0 radical (unpaired) electrons. The Labute approximate surface area is 83.8 Å². The maximum absolute atomic E-state index is 12.2. The van der Waals surface area contributed by atoms with Crippen molar-refractivity contribution in [1.29, 1.82) is 0 Å². The quantitative estimate of drug-likeness (QED) is 0.694. The highest BCUT2D eigenvalue weighted by Gasteiger charge is 2.43. The molecule has 13 heavy (non-hydrogen) atoms. The molecule has 0 fully saturated rings. The van der Waals surface area contributed by atoms with Crippen molar-refractivity contribution in [1.82, 2.24) is 0 Å². The minimum atomic E-state index is -4.39. The first kappa shape index (κ1) is 12.9. The standard InChI is InChI=1S/C8H12BrF3O/c1-2-3-4-6(7(13)5-9)8(10,11)12/h6H,2-5H2,1H3. The molecule has 0 N–H and O–H groups in total. The molecule has 0 aliphatic rings. The molecule has 0 spiro atoms. The number of rotatable bonds is 5. The average Bonchev–Trinajstić information content (AvgIpc) is 2.02. The van der Waals surface area contributed by atoms with Crippen LogP contribution >= 0.6 is 15.9 Å². The lowest BCUT2D eigenvalue weighted by molar-refractivity contribution is -0.181.